The lowest BCUT2D eigenvalue weighted by atomic mass is 9.99. The van der Waals surface area contributed by atoms with E-state index in [1.165, 1.54) is 12.1 Å². The Labute approximate surface area is 171 Å². The molecule has 2 aliphatic rings. The summed E-state index contributed by atoms with van der Waals surface area (Å²) < 4.78 is 20.9. The van der Waals surface area contributed by atoms with Gasteiger partial charge in [-0.2, -0.15) is 21.8 Å². The van der Waals surface area contributed by atoms with Gasteiger partial charge in [-0.15, -0.1) is 0 Å². The van der Waals surface area contributed by atoms with Crippen LogP contribution in [0, 0.1) is 5.82 Å². The van der Waals surface area contributed by atoms with E-state index in [1.54, 1.807) is 37.4 Å². The van der Waals surface area contributed by atoms with Crippen molar-refractivity contribution < 1.29 is 9.13 Å². The van der Waals surface area contributed by atoms with Gasteiger partial charge in [-0.25, -0.2) is 9.07 Å². The fraction of sp³-hybridized carbons (Fsp3) is 0.286. The molecule has 1 aromatic heterocycles. The predicted molar refractivity (Wildman–Crippen MR) is 112 cm³/mol. The van der Waals surface area contributed by atoms with Crippen LogP contribution in [-0.2, 0) is 5.66 Å². The van der Waals surface area contributed by atoms with Crippen LogP contribution in [0.3, 0.4) is 0 Å². The molecule has 0 amide bonds. The van der Waals surface area contributed by atoms with E-state index in [0.717, 1.165) is 24.3 Å². The summed E-state index contributed by atoms with van der Waals surface area (Å²) in [6.07, 6.45) is 1.82. The van der Waals surface area contributed by atoms with Gasteiger partial charge in [0.2, 0.25) is 0 Å². The fourth-order valence-corrected chi connectivity index (χ4v) is 5.12. The molecule has 3 heterocycles. The molecule has 1 saturated heterocycles. The van der Waals surface area contributed by atoms with Crippen LogP contribution in [0.15, 0.2) is 47.3 Å². The van der Waals surface area contributed by atoms with Gasteiger partial charge in [0.15, 0.2) is 11.5 Å². The molecule has 5 rings (SSSR count). The van der Waals surface area contributed by atoms with Gasteiger partial charge in [0.25, 0.3) is 5.56 Å². The Morgan fingerprint density at radius 2 is 2.07 bits per heavy atom. The predicted octanol–water partition coefficient (Wildman–Crippen LogP) is 3.73. The SMILES string of the molecule is COc1ccc(-c2nn3c(nc2=O)-c2ccc(F)cc2NC32CCCSC2)cc1. The number of fused-ring (bicyclic) bond motifs is 4. The summed E-state index contributed by atoms with van der Waals surface area (Å²) in [6, 6.07) is 11.7. The van der Waals surface area contributed by atoms with E-state index in [0.29, 0.717) is 34.1 Å². The quantitative estimate of drug-likeness (QED) is 0.694. The highest BCUT2D eigenvalue weighted by molar-refractivity contribution is 7.99. The number of benzene rings is 2. The van der Waals surface area contributed by atoms with Gasteiger partial charge in [-0.05, 0) is 61.1 Å². The van der Waals surface area contributed by atoms with Crippen molar-refractivity contribution >= 4 is 17.4 Å². The van der Waals surface area contributed by atoms with Gasteiger partial charge in [0.1, 0.15) is 17.2 Å². The third-order valence-corrected chi connectivity index (χ3v) is 6.65. The number of rotatable bonds is 2. The molecule has 8 heteroatoms. The van der Waals surface area contributed by atoms with Crippen LogP contribution < -0.4 is 15.6 Å². The first kappa shape index (κ1) is 18.2. The van der Waals surface area contributed by atoms with Crippen molar-refractivity contribution in [1.29, 1.82) is 0 Å². The van der Waals surface area contributed by atoms with Crippen molar-refractivity contribution in [2.24, 2.45) is 0 Å². The molecule has 2 aromatic carbocycles. The molecule has 0 aliphatic carbocycles. The van der Waals surface area contributed by atoms with Gasteiger partial charge >= 0.3 is 0 Å². The number of anilines is 1. The first-order valence-corrected chi connectivity index (χ1v) is 10.6. The molecular formula is C21H19FN4O2S. The van der Waals surface area contributed by atoms with Crippen molar-refractivity contribution in [2.75, 3.05) is 23.9 Å². The molecule has 3 aromatic rings. The Balaban J connectivity index is 1.73. The minimum atomic E-state index is -0.541. The first-order chi connectivity index (χ1) is 14.1. The average molecular weight is 410 g/mol. The molecule has 0 bridgehead atoms. The number of hydrogen-bond acceptors (Lipinski definition) is 6. The highest BCUT2D eigenvalue weighted by atomic mass is 32.2. The third kappa shape index (κ3) is 2.98. The largest absolute Gasteiger partial charge is 0.497 e. The number of nitrogens with zero attached hydrogens (tertiary/aromatic N) is 3. The van der Waals surface area contributed by atoms with E-state index in [-0.39, 0.29) is 5.82 Å². The Bertz CT molecular complexity index is 1140. The van der Waals surface area contributed by atoms with Crippen LogP contribution in [0.1, 0.15) is 12.8 Å². The lowest BCUT2D eigenvalue weighted by Gasteiger charge is -2.43. The van der Waals surface area contributed by atoms with Gasteiger partial charge in [-0.3, -0.25) is 4.79 Å². The minimum Gasteiger partial charge on any atom is -0.497 e. The molecule has 1 atom stereocenters. The maximum atomic E-state index is 13.9. The molecule has 1 unspecified atom stereocenters. The van der Waals surface area contributed by atoms with Crippen LogP contribution in [0.4, 0.5) is 10.1 Å². The summed E-state index contributed by atoms with van der Waals surface area (Å²) in [5.74, 6) is 2.68. The minimum absolute atomic E-state index is 0.290. The monoisotopic (exact) mass is 410 g/mol. The normalized spacial score (nSPS) is 19.9. The number of hydrogen-bond donors (Lipinski definition) is 1. The highest BCUT2D eigenvalue weighted by Gasteiger charge is 2.41. The summed E-state index contributed by atoms with van der Waals surface area (Å²) in [6.45, 7) is 0. The Morgan fingerprint density at radius 3 is 2.79 bits per heavy atom. The van der Waals surface area contributed by atoms with Gasteiger partial charge in [0, 0.05) is 22.6 Å². The second-order valence-corrected chi connectivity index (χ2v) is 8.34. The Morgan fingerprint density at radius 1 is 1.24 bits per heavy atom. The van der Waals surface area contributed by atoms with Crippen LogP contribution in [0.2, 0.25) is 0 Å². The molecule has 0 radical (unpaired) electrons. The number of nitrogens with one attached hydrogen (secondary N) is 1. The average Bonchev–Trinajstić information content (AvgIpc) is 2.74. The molecular weight excluding hydrogens is 391 g/mol. The molecule has 148 valence electrons. The van der Waals surface area contributed by atoms with Crippen molar-refractivity contribution in [3.8, 4) is 28.4 Å². The molecule has 6 nitrogen and oxygen atoms in total. The van der Waals surface area contributed by atoms with Crippen LogP contribution in [0.5, 0.6) is 5.75 Å². The zero-order valence-electron chi connectivity index (χ0n) is 15.8. The molecule has 0 saturated carbocycles. The van der Waals surface area contributed by atoms with Crippen LogP contribution in [-0.4, -0.2) is 33.4 Å². The van der Waals surface area contributed by atoms with Crippen molar-refractivity contribution in [3.63, 3.8) is 0 Å². The zero-order valence-corrected chi connectivity index (χ0v) is 16.6. The third-order valence-electron chi connectivity index (χ3n) is 5.39. The van der Waals surface area contributed by atoms with Crippen molar-refractivity contribution in [2.45, 2.75) is 18.5 Å². The number of aromatic nitrogens is 3. The van der Waals surface area contributed by atoms with E-state index >= 15 is 0 Å². The van der Waals surface area contributed by atoms with E-state index in [4.69, 9.17) is 9.84 Å². The van der Waals surface area contributed by atoms with Gasteiger partial charge in [0.05, 0.1) is 7.11 Å². The maximum Gasteiger partial charge on any atom is 0.300 e. The standard InChI is InChI=1S/C21H19FN4O2S/c1-28-15-6-3-13(4-7-15)18-20(27)23-19-16-8-5-14(22)11-17(16)24-21(26(19)25-18)9-2-10-29-12-21/h3-8,11,24H,2,9-10,12H2,1H3. The number of ether oxygens (including phenoxy) is 1. The molecule has 1 N–H and O–H groups in total. The topological polar surface area (TPSA) is 69.0 Å². The van der Waals surface area contributed by atoms with Crippen LogP contribution in [0.25, 0.3) is 22.6 Å². The Hall–Kier alpha value is -2.87. The summed E-state index contributed by atoms with van der Waals surface area (Å²) in [4.78, 5) is 17.3. The smallest absolute Gasteiger partial charge is 0.300 e. The van der Waals surface area contributed by atoms with E-state index in [2.05, 4.69) is 10.3 Å². The highest BCUT2D eigenvalue weighted by Crippen LogP contribution is 2.43. The second kappa shape index (κ2) is 6.88. The molecule has 2 aliphatic heterocycles. The van der Waals surface area contributed by atoms with Gasteiger partial charge < -0.3 is 10.1 Å². The van der Waals surface area contributed by atoms with E-state index < -0.39 is 11.2 Å². The lowest BCUT2D eigenvalue weighted by Crippen LogP contribution is -2.51. The second-order valence-electron chi connectivity index (χ2n) is 7.23. The van der Waals surface area contributed by atoms with Gasteiger partial charge in [-0.1, -0.05) is 0 Å². The summed E-state index contributed by atoms with van der Waals surface area (Å²) in [7, 11) is 1.60. The summed E-state index contributed by atoms with van der Waals surface area (Å²) >= 11 is 1.81. The number of halogens is 1. The Kier molecular flexibility index (Phi) is 4.31. The van der Waals surface area contributed by atoms with Crippen molar-refractivity contribution in [1.82, 2.24) is 14.8 Å². The summed E-state index contributed by atoms with van der Waals surface area (Å²) in [5.41, 5.74) is 1.36. The van der Waals surface area contributed by atoms with Crippen LogP contribution >= 0.6 is 11.8 Å². The molecule has 1 spiro atoms. The first-order valence-electron chi connectivity index (χ1n) is 9.42. The summed E-state index contributed by atoms with van der Waals surface area (Å²) in [5, 5.41) is 8.27. The molecule has 1 fully saturated rings. The number of methoxy groups -OCH3 is 1. The molecule has 29 heavy (non-hydrogen) atoms. The van der Waals surface area contributed by atoms with E-state index in [9.17, 15) is 9.18 Å². The van der Waals surface area contributed by atoms with E-state index in [1.807, 2.05) is 16.4 Å². The number of thioether (sulfide) groups is 1. The fourth-order valence-electron chi connectivity index (χ4n) is 3.95. The lowest BCUT2D eigenvalue weighted by molar-refractivity contribution is 0.298. The van der Waals surface area contributed by atoms with Crippen molar-refractivity contribution in [3.05, 3.63) is 58.6 Å². The zero-order chi connectivity index (χ0) is 20.0. The maximum absolute atomic E-state index is 13.9.